The fraction of sp³-hybridized carbons (Fsp3) is 0. The lowest BCUT2D eigenvalue weighted by molar-refractivity contribution is 0.673. The molecule has 11 aromatic carbocycles. The van der Waals surface area contributed by atoms with E-state index in [-0.39, 0.29) is 0 Å². The van der Waals surface area contributed by atoms with Crippen molar-refractivity contribution in [3.8, 4) is 78.9 Å². The van der Waals surface area contributed by atoms with E-state index in [0.717, 1.165) is 110 Å². The van der Waals surface area contributed by atoms with Crippen LogP contribution in [0.3, 0.4) is 0 Å². The van der Waals surface area contributed by atoms with Crippen LogP contribution < -0.4 is 0 Å². The fourth-order valence-electron chi connectivity index (χ4n) is 11.3. The third kappa shape index (κ3) is 6.99. The van der Waals surface area contributed by atoms with E-state index in [1.165, 1.54) is 16.5 Å². The van der Waals surface area contributed by atoms with Gasteiger partial charge in [0.1, 0.15) is 0 Å². The number of aromatic nitrogens is 5. The molecule has 0 unspecified atom stereocenters. The van der Waals surface area contributed by atoms with Crippen molar-refractivity contribution >= 4 is 65.6 Å². The van der Waals surface area contributed by atoms with E-state index in [1.807, 2.05) is 12.1 Å². The van der Waals surface area contributed by atoms with Crippen LogP contribution in [0.5, 0.6) is 0 Å². The maximum Gasteiger partial charge on any atom is 0.166 e. The van der Waals surface area contributed by atoms with Crippen LogP contribution in [0.15, 0.2) is 265 Å². The monoisotopic (exact) mass is 957 g/mol. The fourth-order valence-corrected chi connectivity index (χ4v) is 11.3. The molecule has 75 heavy (non-hydrogen) atoms. The van der Waals surface area contributed by atoms with Gasteiger partial charge in [-0.3, -0.25) is 0 Å². The maximum absolute atomic E-state index is 7.46. The quantitative estimate of drug-likeness (QED) is 0.152. The van der Waals surface area contributed by atoms with Crippen molar-refractivity contribution in [3.05, 3.63) is 261 Å². The summed E-state index contributed by atoms with van der Waals surface area (Å²) < 4.78 is 12.2. The van der Waals surface area contributed by atoms with Crippen LogP contribution in [-0.4, -0.2) is 24.1 Å². The summed E-state index contributed by atoms with van der Waals surface area (Å²) in [6.45, 7) is 0. The van der Waals surface area contributed by atoms with Gasteiger partial charge in [0.25, 0.3) is 0 Å². The molecule has 0 spiro atoms. The van der Waals surface area contributed by atoms with E-state index in [0.29, 0.717) is 17.5 Å². The Kier molecular flexibility index (Phi) is 9.78. The summed E-state index contributed by atoms with van der Waals surface area (Å²) in [7, 11) is 0. The highest BCUT2D eigenvalue weighted by molar-refractivity contribution is 6.26. The van der Waals surface area contributed by atoms with Crippen molar-refractivity contribution in [1.29, 1.82) is 0 Å². The second kappa shape index (κ2) is 17.3. The lowest BCUT2D eigenvalue weighted by atomic mass is 10.0. The molecule has 0 atom stereocenters. The van der Waals surface area contributed by atoms with Crippen molar-refractivity contribution in [2.75, 3.05) is 0 Å². The van der Waals surface area contributed by atoms with Crippen LogP contribution in [0.4, 0.5) is 0 Å². The second-order valence-electron chi connectivity index (χ2n) is 19.1. The number of rotatable bonds is 8. The van der Waals surface area contributed by atoms with Crippen molar-refractivity contribution in [3.63, 3.8) is 0 Å². The third-order valence-electron chi connectivity index (χ3n) is 14.8. The molecule has 0 saturated heterocycles. The summed E-state index contributed by atoms with van der Waals surface area (Å²) in [5.74, 6) is 1.74. The molecule has 0 N–H and O–H groups in total. The Morgan fingerprint density at radius 3 is 1.29 bits per heavy atom. The van der Waals surface area contributed by atoms with Gasteiger partial charge in [-0.2, -0.15) is 0 Å². The first kappa shape index (κ1) is 42.5. The van der Waals surface area contributed by atoms with E-state index < -0.39 is 0 Å². The first-order chi connectivity index (χ1) is 37.2. The highest BCUT2D eigenvalue weighted by Crippen LogP contribution is 2.45. The summed E-state index contributed by atoms with van der Waals surface area (Å²) in [4.78, 5) is 16.0. The van der Waals surface area contributed by atoms with Gasteiger partial charge >= 0.3 is 0 Å². The largest absolute Gasteiger partial charge is 0.452 e. The van der Waals surface area contributed by atoms with Gasteiger partial charge in [0.05, 0.1) is 27.8 Å². The predicted octanol–water partition coefficient (Wildman–Crippen LogP) is 18.0. The molecule has 15 rings (SSSR count). The summed E-state index contributed by atoms with van der Waals surface area (Å²) in [6, 6.07) is 92.0. The van der Waals surface area contributed by atoms with E-state index in [4.69, 9.17) is 19.4 Å². The van der Waals surface area contributed by atoms with E-state index in [9.17, 15) is 0 Å². The van der Waals surface area contributed by atoms with Gasteiger partial charge < -0.3 is 13.6 Å². The SMILES string of the molecule is c1ccc(-c2ccc(-c3nc(-c4cccc(-c5ccccc5)c4)nc(-c4ccccc4-n4c5ccccc5c5ccc6c7ccc8c9ccccc9n(-c9ccc(-c%10ccccc%10)cc9)c8c7oc6c54)n3)cc2)cc1. The Balaban J connectivity index is 0.956. The van der Waals surface area contributed by atoms with Crippen LogP contribution in [0.1, 0.15) is 0 Å². The van der Waals surface area contributed by atoms with Crippen LogP contribution >= 0.6 is 0 Å². The molecule has 15 aromatic rings. The molecule has 0 radical (unpaired) electrons. The van der Waals surface area contributed by atoms with Gasteiger partial charge in [0.15, 0.2) is 28.6 Å². The van der Waals surface area contributed by atoms with Gasteiger partial charge in [-0.05, 0) is 88.0 Å². The Labute approximate surface area is 431 Å². The van der Waals surface area contributed by atoms with E-state index in [2.05, 4.69) is 258 Å². The van der Waals surface area contributed by atoms with Gasteiger partial charge in [-0.15, -0.1) is 0 Å². The lowest BCUT2D eigenvalue weighted by Crippen LogP contribution is -2.03. The molecule has 4 aromatic heterocycles. The molecule has 4 heterocycles. The number of fused-ring (bicyclic) bond motifs is 11. The molecule has 0 saturated carbocycles. The number of hydrogen-bond acceptors (Lipinski definition) is 4. The highest BCUT2D eigenvalue weighted by atomic mass is 16.3. The van der Waals surface area contributed by atoms with Crippen molar-refractivity contribution in [2.24, 2.45) is 0 Å². The second-order valence-corrected chi connectivity index (χ2v) is 19.1. The molecule has 0 amide bonds. The van der Waals surface area contributed by atoms with Crippen LogP contribution in [0, 0.1) is 0 Å². The first-order valence-electron chi connectivity index (χ1n) is 25.3. The van der Waals surface area contributed by atoms with Crippen LogP contribution in [0.25, 0.3) is 144 Å². The molecule has 0 aliphatic rings. The zero-order chi connectivity index (χ0) is 49.4. The lowest BCUT2D eigenvalue weighted by Gasteiger charge is -2.15. The third-order valence-corrected chi connectivity index (χ3v) is 14.8. The van der Waals surface area contributed by atoms with E-state index >= 15 is 0 Å². The smallest absolute Gasteiger partial charge is 0.166 e. The van der Waals surface area contributed by atoms with Crippen molar-refractivity contribution in [1.82, 2.24) is 24.1 Å². The number of hydrogen-bond donors (Lipinski definition) is 0. The Hall–Kier alpha value is -10.2. The molecular weight excluding hydrogens is 915 g/mol. The minimum atomic E-state index is 0.565. The predicted molar refractivity (Wildman–Crippen MR) is 308 cm³/mol. The Morgan fingerprint density at radius 1 is 0.267 bits per heavy atom. The van der Waals surface area contributed by atoms with Crippen LogP contribution in [-0.2, 0) is 0 Å². The minimum Gasteiger partial charge on any atom is -0.452 e. The molecule has 0 aliphatic heterocycles. The first-order valence-corrected chi connectivity index (χ1v) is 25.3. The van der Waals surface area contributed by atoms with Gasteiger partial charge in [0, 0.05) is 54.7 Å². The molecular formula is C69H43N5O. The van der Waals surface area contributed by atoms with Crippen LogP contribution in [0.2, 0.25) is 0 Å². The Morgan fingerprint density at radius 2 is 0.680 bits per heavy atom. The summed E-state index contributed by atoms with van der Waals surface area (Å²) >= 11 is 0. The zero-order valence-corrected chi connectivity index (χ0v) is 40.5. The minimum absolute atomic E-state index is 0.565. The van der Waals surface area contributed by atoms with Crippen molar-refractivity contribution in [2.45, 2.75) is 0 Å². The average Bonchev–Trinajstić information content (AvgIpc) is 4.17. The molecule has 0 fully saturated rings. The normalized spacial score (nSPS) is 11.7. The molecule has 350 valence electrons. The molecule has 0 bridgehead atoms. The summed E-state index contributed by atoms with van der Waals surface area (Å²) in [5, 5.41) is 6.61. The number of nitrogens with zero attached hydrogens (tertiary/aromatic N) is 5. The summed E-state index contributed by atoms with van der Waals surface area (Å²) in [5.41, 5.74) is 17.3. The van der Waals surface area contributed by atoms with E-state index in [1.54, 1.807) is 0 Å². The topological polar surface area (TPSA) is 61.7 Å². The van der Waals surface area contributed by atoms with Crippen molar-refractivity contribution < 1.29 is 4.42 Å². The number of para-hydroxylation sites is 3. The zero-order valence-electron chi connectivity index (χ0n) is 40.5. The van der Waals surface area contributed by atoms with Gasteiger partial charge in [-0.1, -0.05) is 206 Å². The van der Waals surface area contributed by atoms with Gasteiger partial charge in [-0.25, -0.2) is 15.0 Å². The molecule has 6 heteroatoms. The number of furan rings is 1. The van der Waals surface area contributed by atoms with Gasteiger partial charge in [0.2, 0.25) is 0 Å². The average molecular weight is 958 g/mol. The summed E-state index contributed by atoms with van der Waals surface area (Å²) in [6.07, 6.45) is 0. The highest BCUT2D eigenvalue weighted by Gasteiger charge is 2.25. The Bertz CT molecular complexity index is 4670. The maximum atomic E-state index is 7.46. The molecule has 0 aliphatic carbocycles. The number of benzene rings is 11. The standard InChI is InChI=1S/C69H43N5O/c1-4-17-44(18-5-1)47-31-33-49(34-32-47)67-70-68(51-24-16-23-50(43-51)46-21-8-3-9-22-46)72-69(71-67)59-27-12-15-30-62(59)74-61-29-14-11-26-54(61)56-40-42-58-57-41-39-55-53-25-10-13-28-60(53)73(63(55)65(57)75-66(58)64(56)74)52-37-35-48(36-38-52)45-19-6-2-7-20-45/h1-43H. The molecule has 6 nitrogen and oxygen atoms in total.